The molecule has 2 aromatic heterocycles. The van der Waals surface area contributed by atoms with E-state index < -0.39 is 24.8 Å². The number of pyridine rings is 2. The van der Waals surface area contributed by atoms with Crippen molar-refractivity contribution in [1.29, 1.82) is 0 Å². The summed E-state index contributed by atoms with van der Waals surface area (Å²) in [4.78, 5) is 34.7. The van der Waals surface area contributed by atoms with Crippen molar-refractivity contribution in [3.8, 4) is 11.3 Å². The summed E-state index contributed by atoms with van der Waals surface area (Å²) in [5.74, 6) is 0.917. The molecule has 1 fully saturated rings. The Labute approximate surface area is 327 Å². The molecule has 2 aliphatic heterocycles. The lowest BCUT2D eigenvalue weighted by atomic mass is 9.74. The Morgan fingerprint density at radius 3 is 2.63 bits per heavy atom. The van der Waals surface area contributed by atoms with Crippen LogP contribution in [0, 0.1) is 11.3 Å². The van der Waals surface area contributed by atoms with Gasteiger partial charge in [0.1, 0.15) is 19.1 Å². The van der Waals surface area contributed by atoms with Crippen molar-refractivity contribution in [2.75, 3.05) is 35.9 Å². The predicted octanol–water partition coefficient (Wildman–Crippen LogP) is 8.88. The molecule has 0 spiro atoms. The Hall–Kier alpha value is -2.97. The summed E-state index contributed by atoms with van der Waals surface area (Å²) in [7, 11) is 0. The normalized spacial score (nSPS) is 20.7. The summed E-state index contributed by atoms with van der Waals surface area (Å²) in [6.07, 6.45) is 7.32. The molecule has 294 valence electrons. The van der Waals surface area contributed by atoms with E-state index in [1.807, 2.05) is 55.1 Å². The van der Waals surface area contributed by atoms with Crippen LogP contribution in [0.2, 0.25) is 0 Å². The largest absolute Gasteiger partial charge is 0.405 e. The molecule has 1 saturated heterocycles. The molecule has 4 heterocycles. The number of nitrogens with zero attached hydrogens (tertiary/aromatic N) is 4. The predicted molar refractivity (Wildman–Crippen MR) is 215 cm³/mol. The highest BCUT2D eigenvalue weighted by Crippen LogP contribution is 2.55. The van der Waals surface area contributed by atoms with Crippen molar-refractivity contribution in [2.45, 2.75) is 102 Å². The lowest BCUT2D eigenvalue weighted by molar-refractivity contribution is -0.120. The number of hydrogen-bond donors (Lipinski definition) is 2. The van der Waals surface area contributed by atoms with Crippen molar-refractivity contribution < 1.29 is 22.8 Å². The van der Waals surface area contributed by atoms with Crippen LogP contribution in [0.25, 0.3) is 11.3 Å². The van der Waals surface area contributed by atoms with Crippen LogP contribution < -0.4 is 16.1 Å². The van der Waals surface area contributed by atoms with Crippen LogP contribution in [0.15, 0.2) is 54.7 Å². The fourth-order valence-corrected chi connectivity index (χ4v) is 9.53. The standard InChI is InChI=1S/C41H55F3N6O2S2/c1-5-34(45)38-31(12-9-18-46-38)39-33(23-40(2,3)17-10-20-51)32-22-29(15-16-36(32)50(39)26-41(42,43)44)35-13-8-11-30(47-35)21-28(24-52)25-54-27-49-19-7-6-14-37(48-49)53-4/h8-9,11-13,15-16,18,20,22,24,28,33-34,37,39,48H,5-7,10,14,17,19,21,23,25-27,45H2,1-4H3. The minimum Gasteiger partial charge on any atom is -0.354 e. The minimum absolute atomic E-state index is 0.209. The highest BCUT2D eigenvalue weighted by Gasteiger charge is 2.47. The number of halogens is 3. The van der Waals surface area contributed by atoms with Crippen molar-refractivity contribution in [3.63, 3.8) is 0 Å². The molecule has 5 atom stereocenters. The molecule has 2 aliphatic rings. The van der Waals surface area contributed by atoms with E-state index in [2.05, 4.69) is 35.5 Å². The lowest BCUT2D eigenvalue weighted by Crippen LogP contribution is -2.42. The Kier molecular flexibility index (Phi) is 15.0. The first-order valence-corrected chi connectivity index (χ1v) is 21.4. The number of hydrazine groups is 1. The average molecular weight is 785 g/mol. The van der Waals surface area contributed by atoms with Gasteiger partial charge in [-0.1, -0.05) is 39.0 Å². The molecule has 0 amide bonds. The number of thioether (sulfide) groups is 2. The molecule has 54 heavy (non-hydrogen) atoms. The zero-order chi connectivity index (χ0) is 38.9. The van der Waals surface area contributed by atoms with Gasteiger partial charge >= 0.3 is 6.18 Å². The highest BCUT2D eigenvalue weighted by molar-refractivity contribution is 7.99. The summed E-state index contributed by atoms with van der Waals surface area (Å²) in [6.45, 7) is 5.95. The zero-order valence-electron chi connectivity index (χ0n) is 31.9. The van der Waals surface area contributed by atoms with Crippen LogP contribution in [0.1, 0.15) is 106 Å². The zero-order valence-corrected chi connectivity index (χ0v) is 33.5. The van der Waals surface area contributed by atoms with Crippen LogP contribution >= 0.6 is 23.5 Å². The fraction of sp³-hybridized carbons (Fsp3) is 0.561. The minimum atomic E-state index is -4.46. The van der Waals surface area contributed by atoms with Crippen molar-refractivity contribution >= 4 is 41.8 Å². The Morgan fingerprint density at radius 2 is 1.91 bits per heavy atom. The maximum absolute atomic E-state index is 14.4. The number of hydrogen-bond acceptors (Lipinski definition) is 10. The number of rotatable bonds is 18. The van der Waals surface area contributed by atoms with E-state index in [-0.39, 0.29) is 17.3 Å². The Morgan fingerprint density at radius 1 is 1.09 bits per heavy atom. The lowest BCUT2D eigenvalue weighted by Gasteiger charge is -2.36. The number of nitrogens with one attached hydrogen (secondary N) is 1. The molecular formula is C41H55F3N6O2S2. The number of aldehydes is 2. The van der Waals surface area contributed by atoms with Crippen molar-refractivity contribution in [3.05, 3.63) is 77.2 Å². The number of fused-ring (bicyclic) bond motifs is 1. The van der Waals surface area contributed by atoms with E-state index in [1.165, 1.54) is 11.3 Å². The monoisotopic (exact) mass is 784 g/mol. The number of anilines is 1. The molecular weight excluding hydrogens is 730 g/mol. The molecule has 3 aromatic rings. The van der Waals surface area contributed by atoms with Gasteiger partial charge in [-0.05, 0) is 98.1 Å². The molecule has 5 unspecified atom stereocenters. The van der Waals surface area contributed by atoms with Crippen LogP contribution in [0.3, 0.4) is 0 Å². The van der Waals surface area contributed by atoms with Gasteiger partial charge in [-0.25, -0.2) is 10.4 Å². The Bertz CT molecular complexity index is 1690. The van der Waals surface area contributed by atoms with Gasteiger partial charge in [-0.3, -0.25) is 9.97 Å². The molecule has 1 aromatic carbocycles. The number of carbonyl (C=O) groups excluding carboxylic acids is 2. The summed E-state index contributed by atoms with van der Waals surface area (Å²) in [5.41, 5.74) is 14.7. The van der Waals surface area contributed by atoms with Gasteiger partial charge in [-0.2, -0.15) is 13.2 Å². The van der Waals surface area contributed by atoms with Gasteiger partial charge < -0.3 is 20.2 Å². The maximum Gasteiger partial charge on any atom is 0.405 e. The first-order chi connectivity index (χ1) is 25.9. The Balaban J connectivity index is 1.45. The van der Waals surface area contributed by atoms with Gasteiger partial charge in [0.05, 0.1) is 28.7 Å². The third-order valence-corrected chi connectivity index (χ3v) is 12.7. The first kappa shape index (κ1) is 42.2. The molecule has 8 nitrogen and oxygen atoms in total. The number of benzene rings is 1. The molecule has 0 radical (unpaired) electrons. The smallest absolute Gasteiger partial charge is 0.354 e. The van der Waals surface area contributed by atoms with E-state index in [0.717, 1.165) is 54.7 Å². The number of alkyl halides is 3. The third-order valence-electron chi connectivity index (χ3n) is 10.6. The van der Waals surface area contributed by atoms with Gasteiger partial charge in [0.25, 0.3) is 0 Å². The summed E-state index contributed by atoms with van der Waals surface area (Å²) in [5, 5.41) is 2.67. The van der Waals surface area contributed by atoms with Crippen LogP contribution in [0.5, 0.6) is 0 Å². The van der Waals surface area contributed by atoms with Crippen molar-refractivity contribution in [1.82, 2.24) is 20.4 Å². The van der Waals surface area contributed by atoms with Crippen LogP contribution in [0.4, 0.5) is 18.9 Å². The van der Waals surface area contributed by atoms with Crippen molar-refractivity contribution in [2.24, 2.45) is 17.1 Å². The summed E-state index contributed by atoms with van der Waals surface area (Å²) < 4.78 is 43.3. The fourth-order valence-electron chi connectivity index (χ4n) is 7.84. The third kappa shape index (κ3) is 11.1. The molecule has 0 bridgehead atoms. The number of nitrogens with two attached hydrogens (primary N) is 1. The van der Waals surface area contributed by atoms with Crippen LogP contribution in [-0.4, -0.2) is 70.1 Å². The maximum atomic E-state index is 14.4. The second-order valence-electron chi connectivity index (χ2n) is 15.4. The SMILES string of the molecule is CCC(N)c1ncccc1C1C(CC(C)(C)CCC=O)c2cc(-c3cccc(CC(C=O)CSCN4CCCCC(SC)N4)n3)ccc2N1CC(F)(F)F. The molecule has 3 N–H and O–H groups in total. The molecule has 5 rings (SSSR count). The van der Waals surface area contributed by atoms with Gasteiger partial charge in [-0.15, -0.1) is 23.5 Å². The first-order valence-electron chi connectivity index (χ1n) is 19.0. The van der Waals surface area contributed by atoms with E-state index in [1.54, 1.807) is 30.1 Å². The van der Waals surface area contributed by atoms with Crippen LogP contribution in [-0.2, 0) is 16.0 Å². The molecule has 13 heteroatoms. The van der Waals surface area contributed by atoms with Gasteiger partial charge in [0, 0.05) is 59.7 Å². The van der Waals surface area contributed by atoms with E-state index >= 15 is 0 Å². The second kappa shape index (κ2) is 19.3. The van der Waals surface area contributed by atoms with E-state index in [9.17, 15) is 22.8 Å². The summed E-state index contributed by atoms with van der Waals surface area (Å²) >= 11 is 3.57. The number of carbonyl (C=O) groups is 2. The topological polar surface area (TPSA) is 104 Å². The highest BCUT2D eigenvalue weighted by atomic mass is 32.2. The number of aromatic nitrogens is 2. The molecule has 0 aliphatic carbocycles. The second-order valence-corrected chi connectivity index (χ2v) is 17.4. The summed E-state index contributed by atoms with van der Waals surface area (Å²) in [6, 6.07) is 13.9. The van der Waals surface area contributed by atoms with Gasteiger partial charge in [0.2, 0.25) is 0 Å². The van der Waals surface area contributed by atoms with Gasteiger partial charge in [0.15, 0.2) is 0 Å². The van der Waals surface area contributed by atoms with E-state index in [4.69, 9.17) is 10.7 Å². The van der Waals surface area contributed by atoms with E-state index in [0.29, 0.717) is 65.9 Å². The molecule has 0 saturated carbocycles. The quantitative estimate of drug-likeness (QED) is 0.122. The average Bonchev–Trinajstić information content (AvgIpc) is 3.27.